The Kier molecular flexibility index (Phi) is 5.90. The summed E-state index contributed by atoms with van der Waals surface area (Å²) >= 11 is 6.12. The van der Waals surface area contributed by atoms with Crippen LogP contribution in [0.15, 0.2) is 47.4 Å². The molecule has 2 aromatic carbocycles. The Hall–Kier alpha value is -2.58. The summed E-state index contributed by atoms with van der Waals surface area (Å²) in [5.74, 6) is -0.506. The van der Waals surface area contributed by atoms with Crippen molar-refractivity contribution in [2.75, 3.05) is 22.8 Å². The normalized spacial score (nSPS) is 14.2. The molecule has 1 aliphatic heterocycles. The number of esters is 1. The first-order chi connectivity index (χ1) is 13.3. The largest absolute Gasteiger partial charge is 0.462 e. The van der Waals surface area contributed by atoms with Crippen molar-refractivity contribution in [1.82, 2.24) is 0 Å². The Bertz CT molecular complexity index is 1010. The van der Waals surface area contributed by atoms with Gasteiger partial charge >= 0.3 is 5.97 Å². The van der Waals surface area contributed by atoms with Gasteiger partial charge < -0.3 is 9.64 Å². The van der Waals surface area contributed by atoms with Crippen molar-refractivity contribution in [3.63, 3.8) is 0 Å². The number of anilines is 2. The summed E-state index contributed by atoms with van der Waals surface area (Å²) in [4.78, 5) is 25.2. The lowest BCUT2D eigenvalue weighted by atomic mass is 10.2. The zero-order valence-corrected chi connectivity index (χ0v) is 16.7. The van der Waals surface area contributed by atoms with Gasteiger partial charge in [-0.15, -0.1) is 0 Å². The maximum atomic E-state index is 12.6. The van der Waals surface area contributed by atoms with Gasteiger partial charge in [0.05, 0.1) is 27.8 Å². The van der Waals surface area contributed by atoms with Crippen LogP contribution in [-0.4, -0.2) is 33.4 Å². The number of hydrogen-bond acceptors (Lipinski definition) is 5. The van der Waals surface area contributed by atoms with Crippen LogP contribution in [-0.2, 0) is 19.6 Å². The van der Waals surface area contributed by atoms with Gasteiger partial charge in [0.2, 0.25) is 5.91 Å². The number of rotatable bonds is 6. The van der Waals surface area contributed by atoms with Crippen LogP contribution in [0.1, 0.15) is 30.1 Å². The molecule has 1 amide bonds. The summed E-state index contributed by atoms with van der Waals surface area (Å²) in [6, 6.07) is 10.3. The summed E-state index contributed by atoms with van der Waals surface area (Å²) < 4.78 is 32.6. The predicted octanol–water partition coefficient (Wildman–Crippen LogP) is 3.44. The van der Waals surface area contributed by atoms with Gasteiger partial charge in [-0.1, -0.05) is 11.6 Å². The highest BCUT2D eigenvalue weighted by molar-refractivity contribution is 7.92. The highest BCUT2D eigenvalue weighted by atomic mass is 35.5. The molecule has 1 N–H and O–H groups in total. The minimum atomic E-state index is -3.89. The molecule has 0 aliphatic carbocycles. The Morgan fingerprint density at radius 1 is 1.21 bits per heavy atom. The molecule has 1 saturated heterocycles. The van der Waals surface area contributed by atoms with E-state index >= 15 is 0 Å². The molecule has 0 radical (unpaired) electrons. The lowest BCUT2D eigenvalue weighted by Gasteiger charge is -2.16. The minimum absolute atomic E-state index is 0.0298. The van der Waals surface area contributed by atoms with E-state index in [1.807, 2.05) is 0 Å². The molecular weight excluding hydrogens is 404 g/mol. The number of nitrogens with one attached hydrogen (secondary N) is 1. The fraction of sp³-hybridized carbons (Fsp3) is 0.263. The number of ether oxygens (including phenoxy) is 1. The number of carbonyl (C=O) groups is 2. The molecule has 0 saturated carbocycles. The molecule has 0 spiro atoms. The Morgan fingerprint density at radius 2 is 1.93 bits per heavy atom. The van der Waals surface area contributed by atoms with E-state index in [9.17, 15) is 18.0 Å². The molecule has 0 bridgehead atoms. The highest BCUT2D eigenvalue weighted by Gasteiger charge is 2.23. The van der Waals surface area contributed by atoms with Gasteiger partial charge in [-0.2, -0.15) is 0 Å². The Labute approximate surface area is 168 Å². The molecule has 1 fully saturated rings. The van der Waals surface area contributed by atoms with Gasteiger partial charge in [-0.3, -0.25) is 9.52 Å². The van der Waals surface area contributed by atoms with Crippen molar-refractivity contribution in [2.24, 2.45) is 0 Å². The van der Waals surface area contributed by atoms with E-state index in [2.05, 4.69) is 4.72 Å². The van der Waals surface area contributed by atoms with E-state index < -0.39 is 16.0 Å². The Balaban J connectivity index is 1.78. The number of benzene rings is 2. The zero-order chi connectivity index (χ0) is 20.3. The van der Waals surface area contributed by atoms with Gasteiger partial charge in [-0.25, -0.2) is 13.2 Å². The van der Waals surface area contributed by atoms with Gasteiger partial charge in [0.15, 0.2) is 0 Å². The lowest BCUT2D eigenvalue weighted by molar-refractivity contribution is -0.117. The zero-order valence-electron chi connectivity index (χ0n) is 15.1. The third-order valence-corrected chi connectivity index (χ3v) is 5.95. The van der Waals surface area contributed by atoms with E-state index in [0.717, 1.165) is 6.42 Å². The molecule has 0 unspecified atom stereocenters. The molecule has 0 atom stereocenters. The first kappa shape index (κ1) is 20.2. The average molecular weight is 423 g/mol. The van der Waals surface area contributed by atoms with Crippen LogP contribution in [0.2, 0.25) is 5.02 Å². The number of nitrogens with zero attached hydrogens (tertiary/aromatic N) is 1. The molecule has 28 heavy (non-hydrogen) atoms. The lowest BCUT2D eigenvalue weighted by Crippen LogP contribution is -2.23. The van der Waals surface area contributed by atoms with E-state index in [1.54, 1.807) is 24.0 Å². The van der Waals surface area contributed by atoms with E-state index in [0.29, 0.717) is 18.7 Å². The van der Waals surface area contributed by atoms with Crippen LogP contribution in [0, 0.1) is 0 Å². The molecule has 2 aromatic rings. The summed E-state index contributed by atoms with van der Waals surface area (Å²) in [5.41, 5.74) is 1.04. The van der Waals surface area contributed by atoms with Gasteiger partial charge in [0.1, 0.15) is 0 Å². The van der Waals surface area contributed by atoms with E-state index in [4.69, 9.17) is 16.3 Å². The summed E-state index contributed by atoms with van der Waals surface area (Å²) in [6.07, 6.45) is 1.29. The number of sulfonamides is 1. The second kappa shape index (κ2) is 8.20. The maximum absolute atomic E-state index is 12.6. The molecular formula is C19H19ClN2O5S. The smallest absolute Gasteiger partial charge is 0.338 e. The minimum Gasteiger partial charge on any atom is -0.462 e. The van der Waals surface area contributed by atoms with Crippen molar-refractivity contribution in [3.8, 4) is 0 Å². The van der Waals surface area contributed by atoms with Crippen LogP contribution in [0.4, 0.5) is 11.4 Å². The second-order valence-corrected chi connectivity index (χ2v) is 8.25. The fourth-order valence-electron chi connectivity index (χ4n) is 2.87. The quantitative estimate of drug-likeness (QED) is 0.720. The van der Waals surface area contributed by atoms with E-state index in [1.165, 1.54) is 30.3 Å². The van der Waals surface area contributed by atoms with E-state index in [-0.39, 0.29) is 33.7 Å². The standard InChI is InChI=1S/C19H19ClN2O5S/c1-2-27-19(24)13-5-10-17(16(20)12-13)21-28(25,26)15-8-6-14(7-9-15)22-11-3-4-18(22)23/h5-10,12,21H,2-4,11H2,1H3. The average Bonchev–Trinajstić information content (AvgIpc) is 3.09. The third-order valence-electron chi connectivity index (χ3n) is 4.26. The first-order valence-corrected chi connectivity index (χ1v) is 10.6. The van der Waals surface area contributed by atoms with Crippen LogP contribution in [0.3, 0.4) is 0 Å². The van der Waals surface area contributed by atoms with Crippen molar-refractivity contribution < 1.29 is 22.7 Å². The molecule has 3 rings (SSSR count). The van der Waals surface area contributed by atoms with Gasteiger partial charge in [-0.05, 0) is 55.8 Å². The summed E-state index contributed by atoms with van der Waals surface area (Å²) in [6.45, 7) is 2.54. The van der Waals surface area contributed by atoms with Crippen LogP contribution < -0.4 is 9.62 Å². The Morgan fingerprint density at radius 3 is 2.50 bits per heavy atom. The third kappa shape index (κ3) is 4.28. The van der Waals surface area contributed by atoms with Crippen LogP contribution in [0.25, 0.3) is 0 Å². The second-order valence-electron chi connectivity index (χ2n) is 6.16. The molecule has 9 heteroatoms. The van der Waals surface area contributed by atoms with Crippen LogP contribution in [0.5, 0.6) is 0 Å². The molecule has 148 valence electrons. The molecule has 1 heterocycles. The van der Waals surface area contributed by atoms with Crippen molar-refractivity contribution in [2.45, 2.75) is 24.7 Å². The SMILES string of the molecule is CCOC(=O)c1ccc(NS(=O)(=O)c2ccc(N3CCCC3=O)cc2)c(Cl)c1. The number of halogens is 1. The molecule has 0 aromatic heterocycles. The van der Waals surface area contributed by atoms with Gasteiger partial charge in [0.25, 0.3) is 10.0 Å². The fourth-order valence-corrected chi connectivity index (χ4v) is 4.23. The maximum Gasteiger partial charge on any atom is 0.338 e. The topological polar surface area (TPSA) is 92.8 Å². The summed E-state index contributed by atoms with van der Waals surface area (Å²) in [7, 11) is -3.89. The molecule has 1 aliphatic rings. The van der Waals surface area contributed by atoms with Crippen LogP contribution >= 0.6 is 11.6 Å². The molecule has 7 nitrogen and oxygen atoms in total. The summed E-state index contributed by atoms with van der Waals surface area (Å²) in [5, 5.41) is 0.0772. The monoisotopic (exact) mass is 422 g/mol. The van der Waals surface area contributed by atoms with Gasteiger partial charge in [0, 0.05) is 18.7 Å². The number of hydrogen-bond donors (Lipinski definition) is 1. The predicted molar refractivity (Wildman–Crippen MR) is 106 cm³/mol. The first-order valence-electron chi connectivity index (χ1n) is 8.72. The van der Waals surface area contributed by atoms with Crippen molar-refractivity contribution >= 4 is 44.9 Å². The number of carbonyl (C=O) groups excluding carboxylic acids is 2. The van der Waals surface area contributed by atoms with Crippen molar-refractivity contribution in [3.05, 3.63) is 53.1 Å². The number of amides is 1. The highest BCUT2D eigenvalue weighted by Crippen LogP contribution is 2.28. The van der Waals surface area contributed by atoms with Crippen molar-refractivity contribution in [1.29, 1.82) is 0 Å².